The number of benzene rings is 2. The van der Waals surface area contributed by atoms with Crippen LogP contribution in [0.15, 0.2) is 58.1 Å². The van der Waals surface area contributed by atoms with E-state index in [1.807, 2.05) is 29.2 Å². The van der Waals surface area contributed by atoms with E-state index in [1.165, 1.54) is 4.57 Å². The van der Waals surface area contributed by atoms with Gasteiger partial charge in [-0.2, -0.15) is 0 Å². The molecule has 0 unspecified atom stereocenters. The Bertz CT molecular complexity index is 1190. The molecule has 1 aromatic heterocycles. The maximum atomic E-state index is 12.6. The van der Waals surface area contributed by atoms with Crippen LogP contribution < -0.4 is 16.1 Å². The number of hydrogen-bond acceptors (Lipinski definition) is 4. The fraction of sp³-hybridized carbons (Fsp3) is 0.375. The summed E-state index contributed by atoms with van der Waals surface area (Å²) in [5, 5.41) is 1.23. The van der Waals surface area contributed by atoms with E-state index in [0.29, 0.717) is 43.4 Å². The Kier molecular flexibility index (Phi) is 6.95. The predicted molar refractivity (Wildman–Crippen MR) is 128 cm³/mol. The SMILES string of the molecule is O=C(CCCCCn1c(=O)[nH]c2ccccc2c1=O)N1CCN(c2ccc(Cl)cc2)CC1. The molecule has 4 rings (SSSR count). The maximum Gasteiger partial charge on any atom is 0.328 e. The Morgan fingerprint density at radius 2 is 1.62 bits per heavy atom. The molecular weight excluding hydrogens is 428 g/mol. The summed E-state index contributed by atoms with van der Waals surface area (Å²) in [7, 11) is 0. The van der Waals surface area contributed by atoms with E-state index in [-0.39, 0.29) is 17.2 Å². The third kappa shape index (κ3) is 5.05. The summed E-state index contributed by atoms with van der Waals surface area (Å²) < 4.78 is 1.25. The van der Waals surface area contributed by atoms with E-state index < -0.39 is 0 Å². The third-order valence-corrected chi connectivity index (χ3v) is 6.24. The fourth-order valence-electron chi connectivity index (χ4n) is 4.15. The van der Waals surface area contributed by atoms with Gasteiger partial charge in [-0.1, -0.05) is 30.2 Å². The smallest absolute Gasteiger partial charge is 0.328 e. The number of amides is 1. The highest BCUT2D eigenvalue weighted by Gasteiger charge is 2.20. The average Bonchev–Trinajstić information content (AvgIpc) is 2.81. The number of hydrogen-bond donors (Lipinski definition) is 1. The topological polar surface area (TPSA) is 78.4 Å². The normalized spacial score (nSPS) is 14.2. The largest absolute Gasteiger partial charge is 0.368 e. The van der Waals surface area contributed by atoms with Crippen molar-refractivity contribution in [3.8, 4) is 0 Å². The van der Waals surface area contributed by atoms with E-state index >= 15 is 0 Å². The van der Waals surface area contributed by atoms with Gasteiger partial charge in [0.05, 0.1) is 10.9 Å². The number of rotatable bonds is 7. The molecule has 2 heterocycles. The Hall–Kier alpha value is -3.06. The van der Waals surface area contributed by atoms with Crippen LogP contribution in [-0.4, -0.2) is 46.5 Å². The standard InChI is InChI=1S/C24H27ClN4O3/c25-18-9-11-19(12-10-18)27-14-16-28(17-15-27)22(30)8-2-1-5-13-29-23(31)20-6-3-4-7-21(20)26-24(29)32/h3-4,6-7,9-12H,1-2,5,8,13-17H2,(H,26,32). The number of nitrogens with zero attached hydrogens (tertiary/aromatic N) is 3. The van der Waals surface area contributed by atoms with Gasteiger partial charge in [-0.05, 0) is 49.2 Å². The van der Waals surface area contributed by atoms with Crippen molar-refractivity contribution in [2.24, 2.45) is 0 Å². The molecule has 0 bridgehead atoms. The number of piperazine rings is 1. The van der Waals surface area contributed by atoms with Crippen molar-refractivity contribution in [2.45, 2.75) is 32.2 Å². The Morgan fingerprint density at radius 3 is 2.38 bits per heavy atom. The molecule has 2 aromatic carbocycles. The summed E-state index contributed by atoms with van der Waals surface area (Å²) >= 11 is 5.95. The summed E-state index contributed by atoms with van der Waals surface area (Å²) in [5.74, 6) is 0.168. The molecule has 1 amide bonds. The van der Waals surface area contributed by atoms with Gasteiger partial charge in [-0.15, -0.1) is 0 Å². The van der Waals surface area contributed by atoms with Gasteiger partial charge in [0.2, 0.25) is 5.91 Å². The van der Waals surface area contributed by atoms with Gasteiger partial charge in [-0.25, -0.2) is 4.79 Å². The van der Waals surface area contributed by atoms with Crippen LogP contribution in [0.25, 0.3) is 10.9 Å². The van der Waals surface area contributed by atoms with E-state index in [9.17, 15) is 14.4 Å². The third-order valence-electron chi connectivity index (χ3n) is 5.99. The molecule has 1 aliphatic rings. The first kappa shape index (κ1) is 22.1. The zero-order chi connectivity index (χ0) is 22.5. The second kappa shape index (κ2) is 10.0. The lowest BCUT2D eigenvalue weighted by atomic mass is 10.1. The summed E-state index contributed by atoms with van der Waals surface area (Å²) in [5.41, 5.74) is 1.03. The highest BCUT2D eigenvalue weighted by molar-refractivity contribution is 6.30. The number of aromatic amines is 1. The molecule has 0 radical (unpaired) electrons. The van der Waals surface area contributed by atoms with E-state index in [2.05, 4.69) is 9.88 Å². The molecule has 0 atom stereocenters. The molecule has 0 spiro atoms. The molecule has 0 aliphatic carbocycles. The van der Waals surface area contributed by atoms with Crippen LogP contribution in [0.5, 0.6) is 0 Å². The Morgan fingerprint density at radius 1 is 0.906 bits per heavy atom. The number of anilines is 1. The highest BCUT2D eigenvalue weighted by atomic mass is 35.5. The van der Waals surface area contributed by atoms with Crippen LogP contribution in [0.4, 0.5) is 5.69 Å². The minimum absolute atomic E-state index is 0.168. The number of unbranched alkanes of at least 4 members (excludes halogenated alkanes) is 2. The summed E-state index contributed by atoms with van der Waals surface area (Å²) in [6.45, 7) is 3.39. The number of aromatic nitrogens is 2. The number of fused-ring (bicyclic) bond motifs is 1. The van der Waals surface area contributed by atoms with Gasteiger partial charge < -0.3 is 14.8 Å². The second-order valence-electron chi connectivity index (χ2n) is 8.09. The first-order chi connectivity index (χ1) is 15.5. The van der Waals surface area contributed by atoms with E-state index in [0.717, 1.165) is 36.6 Å². The molecular formula is C24H27ClN4O3. The zero-order valence-corrected chi connectivity index (χ0v) is 18.7. The summed E-state index contributed by atoms with van der Waals surface area (Å²) in [4.78, 5) is 44.3. The van der Waals surface area contributed by atoms with Crippen LogP contribution >= 0.6 is 11.6 Å². The molecule has 1 fully saturated rings. The molecule has 8 heteroatoms. The monoisotopic (exact) mass is 454 g/mol. The first-order valence-electron chi connectivity index (χ1n) is 11.0. The van der Waals surface area contributed by atoms with Crippen molar-refractivity contribution in [1.82, 2.24) is 14.5 Å². The predicted octanol–water partition coefficient (Wildman–Crippen LogP) is 3.25. The fourth-order valence-corrected chi connectivity index (χ4v) is 4.27. The highest BCUT2D eigenvalue weighted by Crippen LogP contribution is 2.20. The first-order valence-corrected chi connectivity index (χ1v) is 11.4. The van der Waals surface area contributed by atoms with Crippen molar-refractivity contribution in [2.75, 3.05) is 31.1 Å². The molecule has 32 heavy (non-hydrogen) atoms. The molecule has 0 saturated carbocycles. The lowest BCUT2D eigenvalue weighted by Gasteiger charge is -2.36. The van der Waals surface area contributed by atoms with Crippen molar-refractivity contribution in [3.05, 3.63) is 74.4 Å². The molecule has 168 valence electrons. The van der Waals surface area contributed by atoms with Crippen LogP contribution in [0.3, 0.4) is 0 Å². The number of carbonyl (C=O) groups excluding carboxylic acids is 1. The minimum Gasteiger partial charge on any atom is -0.368 e. The number of H-pyrrole nitrogens is 1. The van der Waals surface area contributed by atoms with Crippen molar-refractivity contribution in [1.29, 1.82) is 0 Å². The van der Waals surface area contributed by atoms with Gasteiger partial charge in [0, 0.05) is 49.9 Å². The van der Waals surface area contributed by atoms with Gasteiger partial charge in [0.1, 0.15) is 0 Å². The quantitative estimate of drug-likeness (QED) is 0.556. The summed E-state index contributed by atoms with van der Waals surface area (Å²) in [6, 6.07) is 14.8. The van der Waals surface area contributed by atoms with Gasteiger partial charge in [0.25, 0.3) is 5.56 Å². The van der Waals surface area contributed by atoms with Crippen molar-refractivity contribution >= 4 is 34.1 Å². The molecule has 1 saturated heterocycles. The second-order valence-corrected chi connectivity index (χ2v) is 8.52. The van der Waals surface area contributed by atoms with Crippen LogP contribution in [0.1, 0.15) is 25.7 Å². The molecule has 1 N–H and O–H groups in total. The zero-order valence-electron chi connectivity index (χ0n) is 17.9. The van der Waals surface area contributed by atoms with Gasteiger partial charge in [-0.3, -0.25) is 14.2 Å². The number of nitrogens with one attached hydrogen (secondary N) is 1. The maximum absolute atomic E-state index is 12.6. The van der Waals surface area contributed by atoms with Crippen LogP contribution in [-0.2, 0) is 11.3 Å². The Labute approximate surface area is 191 Å². The average molecular weight is 455 g/mol. The van der Waals surface area contributed by atoms with E-state index in [1.54, 1.807) is 24.3 Å². The molecule has 1 aliphatic heterocycles. The number of halogens is 1. The van der Waals surface area contributed by atoms with Gasteiger partial charge in [0.15, 0.2) is 0 Å². The lowest BCUT2D eigenvalue weighted by Crippen LogP contribution is -2.48. The number of carbonyl (C=O) groups is 1. The van der Waals surface area contributed by atoms with Crippen molar-refractivity contribution < 1.29 is 4.79 Å². The van der Waals surface area contributed by atoms with Crippen LogP contribution in [0, 0.1) is 0 Å². The summed E-state index contributed by atoms with van der Waals surface area (Å²) in [6.07, 6.45) is 2.70. The minimum atomic E-state index is -0.386. The van der Waals surface area contributed by atoms with E-state index in [4.69, 9.17) is 11.6 Å². The van der Waals surface area contributed by atoms with Crippen LogP contribution in [0.2, 0.25) is 5.02 Å². The van der Waals surface area contributed by atoms with Crippen molar-refractivity contribution in [3.63, 3.8) is 0 Å². The van der Waals surface area contributed by atoms with Gasteiger partial charge >= 0.3 is 5.69 Å². The molecule has 7 nitrogen and oxygen atoms in total. The lowest BCUT2D eigenvalue weighted by molar-refractivity contribution is -0.131. The molecule has 3 aromatic rings. The number of para-hydroxylation sites is 1. The Balaban J connectivity index is 1.21.